The van der Waals surface area contributed by atoms with Crippen molar-refractivity contribution in [1.82, 2.24) is 0 Å². The van der Waals surface area contributed by atoms with Gasteiger partial charge in [0.2, 0.25) is 0 Å². The van der Waals surface area contributed by atoms with Crippen molar-refractivity contribution in [2.45, 2.75) is 31.9 Å². The Morgan fingerprint density at radius 3 is 2.50 bits per heavy atom. The van der Waals surface area contributed by atoms with Crippen LogP contribution >= 0.6 is 11.8 Å². The van der Waals surface area contributed by atoms with E-state index in [1.54, 1.807) is 0 Å². The monoisotopic (exact) mass is 234 g/mol. The normalized spacial score (nSPS) is 20.0. The Labute approximate surface area is 102 Å². The van der Waals surface area contributed by atoms with Crippen LogP contribution in [0.2, 0.25) is 0 Å². The van der Waals surface area contributed by atoms with Gasteiger partial charge in [0.15, 0.2) is 5.17 Å². The Balaban J connectivity index is 2.00. The molecule has 3 heteroatoms. The molecule has 1 aromatic carbocycles. The zero-order valence-corrected chi connectivity index (χ0v) is 10.8. The second kappa shape index (κ2) is 4.91. The van der Waals surface area contributed by atoms with Crippen molar-refractivity contribution in [2.24, 2.45) is 4.99 Å². The molecule has 1 N–H and O–H groups in total. The van der Waals surface area contributed by atoms with Crippen molar-refractivity contribution < 1.29 is 0 Å². The molecule has 0 saturated heterocycles. The van der Waals surface area contributed by atoms with Crippen LogP contribution < -0.4 is 5.32 Å². The molecule has 86 valence electrons. The molecule has 1 aliphatic heterocycles. The molecule has 1 atom stereocenters. The Kier molecular flexibility index (Phi) is 3.54. The van der Waals surface area contributed by atoms with E-state index in [0.29, 0.717) is 11.2 Å². The van der Waals surface area contributed by atoms with E-state index >= 15 is 0 Å². The first kappa shape index (κ1) is 11.5. The number of hydrogen-bond donors (Lipinski definition) is 1. The largest absolute Gasteiger partial charge is 0.335 e. The third-order valence-electron chi connectivity index (χ3n) is 2.63. The van der Waals surface area contributed by atoms with Gasteiger partial charge in [0.05, 0.1) is 6.54 Å². The van der Waals surface area contributed by atoms with Crippen molar-refractivity contribution in [1.29, 1.82) is 0 Å². The summed E-state index contributed by atoms with van der Waals surface area (Å²) in [5.41, 5.74) is 2.50. The van der Waals surface area contributed by atoms with Crippen molar-refractivity contribution in [3.8, 4) is 0 Å². The van der Waals surface area contributed by atoms with E-state index in [9.17, 15) is 0 Å². The van der Waals surface area contributed by atoms with Gasteiger partial charge in [0.1, 0.15) is 0 Å². The lowest BCUT2D eigenvalue weighted by atomic mass is 10.0. The first-order chi connectivity index (χ1) is 7.65. The van der Waals surface area contributed by atoms with Crippen molar-refractivity contribution in [3.63, 3.8) is 0 Å². The molecule has 0 spiro atoms. The fourth-order valence-corrected chi connectivity index (χ4v) is 2.48. The highest BCUT2D eigenvalue weighted by atomic mass is 32.2. The Morgan fingerprint density at radius 1 is 1.31 bits per heavy atom. The minimum absolute atomic E-state index is 0.590. The predicted octanol–water partition coefficient (Wildman–Crippen LogP) is 3.71. The number of benzene rings is 1. The third-order valence-corrected chi connectivity index (χ3v) is 3.64. The fraction of sp³-hybridized carbons (Fsp3) is 0.462. The molecule has 0 saturated carbocycles. The molecule has 2 rings (SSSR count). The summed E-state index contributed by atoms with van der Waals surface area (Å²) in [6, 6.07) is 8.61. The van der Waals surface area contributed by atoms with Crippen LogP contribution in [-0.2, 0) is 0 Å². The van der Waals surface area contributed by atoms with Crippen LogP contribution in [0.4, 0.5) is 5.69 Å². The number of amidine groups is 1. The summed E-state index contributed by atoms with van der Waals surface area (Å²) in [7, 11) is 0. The molecule has 1 aliphatic rings. The number of aliphatic imine (C=N–C) groups is 1. The van der Waals surface area contributed by atoms with Crippen molar-refractivity contribution >= 4 is 22.6 Å². The van der Waals surface area contributed by atoms with E-state index in [1.807, 2.05) is 11.8 Å². The lowest BCUT2D eigenvalue weighted by Gasteiger charge is -2.08. The average Bonchev–Trinajstić information content (AvgIpc) is 2.65. The van der Waals surface area contributed by atoms with E-state index in [1.165, 1.54) is 5.56 Å². The van der Waals surface area contributed by atoms with Gasteiger partial charge in [-0.2, -0.15) is 0 Å². The molecule has 0 aromatic heterocycles. The van der Waals surface area contributed by atoms with Crippen LogP contribution in [-0.4, -0.2) is 17.0 Å². The minimum atomic E-state index is 0.590. The summed E-state index contributed by atoms with van der Waals surface area (Å²) in [4.78, 5) is 4.44. The van der Waals surface area contributed by atoms with Gasteiger partial charge in [-0.3, -0.25) is 4.99 Å². The molecule has 0 amide bonds. The number of anilines is 1. The topological polar surface area (TPSA) is 24.4 Å². The van der Waals surface area contributed by atoms with Crippen LogP contribution in [0.15, 0.2) is 29.3 Å². The summed E-state index contributed by atoms with van der Waals surface area (Å²) >= 11 is 1.81. The maximum Gasteiger partial charge on any atom is 0.161 e. The lowest BCUT2D eigenvalue weighted by molar-refractivity contribution is 0.867. The Morgan fingerprint density at radius 2 is 2.00 bits per heavy atom. The summed E-state index contributed by atoms with van der Waals surface area (Å²) < 4.78 is 0. The van der Waals surface area contributed by atoms with Crippen LogP contribution in [0.25, 0.3) is 0 Å². The first-order valence-electron chi connectivity index (χ1n) is 5.73. The number of nitrogens with zero attached hydrogens (tertiary/aromatic N) is 1. The summed E-state index contributed by atoms with van der Waals surface area (Å²) in [6.07, 6.45) is 0. The van der Waals surface area contributed by atoms with Crippen LogP contribution in [0.1, 0.15) is 32.3 Å². The minimum Gasteiger partial charge on any atom is -0.335 e. The predicted molar refractivity (Wildman–Crippen MR) is 73.5 cm³/mol. The second-order valence-corrected chi connectivity index (χ2v) is 5.90. The smallest absolute Gasteiger partial charge is 0.161 e. The van der Waals surface area contributed by atoms with E-state index < -0.39 is 0 Å². The maximum absolute atomic E-state index is 4.44. The zero-order chi connectivity index (χ0) is 11.5. The standard InChI is InChI=1S/C13H18N2S/c1-9(2)11-4-6-12(7-5-11)15-13-14-8-10(3)16-13/h4-7,9-10H,8H2,1-3H3,(H,14,15)/t10-/m1/s1. The molecular weight excluding hydrogens is 216 g/mol. The van der Waals surface area contributed by atoms with Gasteiger partial charge in [0, 0.05) is 10.9 Å². The summed E-state index contributed by atoms with van der Waals surface area (Å²) in [6.45, 7) is 7.55. The molecule has 16 heavy (non-hydrogen) atoms. The molecule has 2 nitrogen and oxygen atoms in total. The number of hydrogen-bond acceptors (Lipinski definition) is 3. The molecule has 1 aromatic rings. The van der Waals surface area contributed by atoms with Crippen LogP contribution in [0, 0.1) is 0 Å². The fourth-order valence-electron chi connectivity index (χ4n) is 1.62. The van der Waals surface area contributed by atoms with E-state index in [0.717, 1.165) is 17.4 Å². The maximum atomic E-state index is 4.44. The summed E-state index contributed by atoms with van der Waals surface area (Å²) in [5.74, 6) is 0.590. The van der Waals surface area contributed by atoms with E-state index in [2.05, 4.69) is 55.3 Å². The molecule has 0 aliphatic carbocycles. The Hall–Kier alpha value is -0.960. The van der Waals surface area contributed by atoms with Gasteiger partial charge < -0.3 is 5.32 Å². The molecule has 0 radical (unpaired) electrons. The lowest BCUT2D eigenvalue weighted by Crippen LogP contribution is -2.05. The van der Waals surface area contributed by atoms with E-state index in [4.69, 9.17) is 0 Å². The van der Waals surface area contributed by atoms with Gasteiger partial charge >= 0.3 is 0 Å². The highest BCUT2D eigenvalue weighted by Gasteiger charge is 2.14. The quantitative estimate of drug-likeness (QED) is 0.843. The van der Waals surface area contributed by atoms with Gasteiger partial charge in [0.25, 0.3) is 0 Å². The van der Waals surface area contributed by atoms with Crippen LogP contribution in [0.5, 0.6) is 0 Å². The molecular formula is C13H18N2S. The van der Waals surface area contributed by atoms with Gasteiger partial charge in [-0.05, 0) is 23.6 Å². The van der Waals surface area contributed by atoms with E-state index in [-0.39, 0.29) is 0 Å². The molecule has 0 unspecified atom stereocenters. The van der Waals surface area contributed by atoms with Crippen molar-refractivity contribution in [2.75, 3.05) is 11.9 Å². The van der Waals surface area contributed by atoms with Gasteiger partial charge in [-0.15, -0.1) is 0 Å². The van der Waals surface area contributed by atoms with Gasteiger partial charge in [-0.25, -0.2) is 0 Å². The Bertz CT molecular complexity index is 381. The first-order valence-corrected chi connectivity index (χ1v) is 6.61. The highest BCUT2D eigenvalue weighted by Crippen LogP contribution is 2.23. The second-order valence-electron chi connectivity index (χ2n) is 4.48. The summed E-state index contributed by atoms with van der Waals surface area (Å²) in [5, 5.41) is 5.01. The van der Waals surface area contributed by atoms with Crippen LogP contribution in [0.3, 0.4) is 0 Å². The average molecular weight is 234 g/mol. The third kappa shape index (κ3) is 2.79. The molecule has 0 bridgehead atoms. The molecule has 0 fully saturated rings. The van der Waals surface area contributed by atoms with Gasteiger partial charge in [-0.1, -0.05) is 44.7 Å². The number of nitrogens with one attached hydrogen (secondary N) is 1. The SMILES string of the molecule is CC(C)c1ccc(NC2=NC[C@@H](C)S2)cc1. The zero-order valence-electron chi connectivity index (χ0n) is 10.0. The van der Waals surface area contributed by atoms with Crippen molar-refractivity contribution in [3.05, 3.63) is 29.8 Å². The number of thioether (sulfide) groups is 1. The molecule has 1 heterocycles. The number of rotatable bonds is 2. The highest BCUT2D eigenvalue weighted by molar-refractivity contribution is 8.15.